The van der Waals surface area contributed by atoms with E-state index in [0.717, 1.165) is 18.2 Å². The number of hydrogen-bond donors (Lipinski definition) is 2. The lowest BCUT2D eigenvalue weighted by Crippen LogP contribution is -2.05. The highest BCUT2D eigenvalue weighted by Crippen LogP contribution is 2.32. The largest absolute Gasteiger partial charge is 0.508 e. The summed E-state index contributed by atoms with van der Waals surface area (Å²) in [6.45, 7) is 0. The number of aromatic hydroxyl groups is 1. The molecule has 0 bridgehead atoms. The van der Waals surface area contributed by atoms with Crippen LogP contribution < -0.4 is 0 Å². The second kappa shape index (κ2) is 5.07. The van der Waals surface area contributed by atoms with E-state index in [1.54, 1.807) is 0 Å². The van der Waals surface area contributed by atoms with Crippen molar-refractivity contribution in [2.24, 2.45) is 0 Å². The Bertz CT molecular complexity index is 413. The number of phenolic OH excluding ortho intramolecular Hbond substituents is 1. The molecule has 3 nitrogen and oxygen atoms in total. The van der Waals surface area contributed by atoms with Crippen LogP contribution >= 0.6 is 0 Å². The molecule has 17 heavy (non-hydrogen) atoms. The minimum Gasteiger partial charge on any atom is -0.508 e. The zero-order valence-electron chi connectivity index (χ0n) is 8.79. The summed E-state index contributed by atoms with van der Waals surface area (Å²) >= 11 is 0. The normalized spacial score (nSPS) is 11.5. The monoisotopic (exact) mass is 248 g/mol. The summed E-state index contributed by atoms with van der Waals surface area (Å²) < 4.78 is 37.1. The fourth-order valence-electron chi connectivity index (χ4n) is 1.39. The van der Waals surface area contributed by atoms with E-state index >= 15 is 0 Å². The molecule has 1 aromatic carbocycles. The van der Waals surface area contributed by atoms with Crippen molar-refractivity contribution in [2.75, 3.05) is 0 Å². The maximum atomic E-state index is 12.4. The van der Waals surface area contributed by atoms with Crippen LogP contribution in [0.1, 0.15) is 24.0 Å². The number of benzene rings is 1. The summed E-state index contributed by atoms with van der Waals surface area (Å²) in [5, 5.41) is 17.8. The number of phenols is 1. The van der Waals surface area contributed by atoms with Crippen molar-refractivity contribution in [1.29, 1.82) is 0 Å². The lowest BCUT2D eigenvalue weighted by atomic mass is 10.0. The molecule has 94 valence electrons. The van der Waals surface area contributed by atoms with Gasteiger partial charge in [-0.2, -0.15) is 13.2 Å². The summed E-state index contributed by atoms with van der Waals surface area (Å²) in [5.74, 6) is -1.26. The van der Waals surface area contributed by atoms with Gasteiger partial charge in [0, 0.05) is 6.42 Å². The Morgan fingerprint density at radius 3 is 2.47 bits per heavy atom. The van der Waals surface area contributed by atoms with Crippen LogP contribution in [0.3, 0.4) is 0 Å². The molecule has 1 rings (SSSR count). The smallest absolute Gasteiger partial charge is 0.416 e. The summed E-state index contributed by atoms with van der Waals surface area (Å²) in [6, 6.07) is 2.60. The molecule has 0 aliphatic rings. The molecule has 0 amide bonds. The van der Waals surface area contributed by atoms with E-state index in [2.05, 4.69) is 0 Å². The Morgan fingerprint density at radius 2 is 1.94 bits per heavy atom. The van der Waals surface area contributed by atoms with Gasteiger partial charge in [0.25, 0.3) is 0 Å². The van der Waals surface area contributed by atoms with Crippen molar-refractivity contribution in [1.82, 2.24) is 0 Å². The summed E-state index contributed by atoms with van der Waals surface area (Å²) in [6.07, 6.45) is -4.32. The van der Waals surface area contributed by atoms with Crippen LogP contribution in [-0.2, 0) is 17.4 Å². The molecule has 2 N–H and O–H groups in total. The number of carbonyl (C=O) groups is 1. The molecule has 0 radical (unpaired) electrons. The van der Waals surface area contributed by atoms with Crippen molar-refractivity contribution in [3.63, 3.8) is 0 Å². The van der Waals surface area contributed by atoms with Crippen molar-refractivity contribution >= 4 is 5.97 Å². The first-order valence-corrected chi connectivity index (χ1v) is 4.91. The Morgan fingerprint density at radius 1 is 1.29 bits per heavy atom. The van der Waals surface area contributed by atoms with E-state index in [0.29, 0.717) is 0 Å². The fraction of sp³-hybridized carbons (Fsp3) is 0.364. The number of carboxylic acid groups (broad SMARTS) is 1. The standard InChI is InChI=1S/C11H11F3O3/c12-11(13,14)8-4-5-9(15)7(6-8)2-1-3-10(16)17/h4-6,15H,1-3H2,(H,16,17). The van der Waals surface area contributed by atoms with Crippen LogP contribution in [0.4, 0.5) is 13.2 Å². The maximum absolute atomic E-state index is 12.4. The number of rotatable bonds is 4. The van der Waals surface area contributed by atoms with Gasteiger partial charge in [-0.15, -0.1) is 0 Å². The van der Waals surface area contributed by atoms with E-state index in [-0.39, 0.29) is 30.6 Å². The maximum Gasteiger partial charge on any atom is 0.416 e. The van der Waals surface area contributed by atoms with Gasteiger partial charge < -0.3 is 10.2 Å². The molecule has 0 saturated heterocycles. The van der Waals surface area contributed by atoms with Crippen molar-refractivity contribution in [3.05, 3.63) is 29.3 Å². The summed E-state index contributed by atoms with van der Waals surface area (Å²) in [7, 11) is 0. The predicted octanol–water partition coefficient (Wildman–Crippen LogP) is 2.82. The average Bonchev–Trinajstić information content (AvgIpc) is 2.18. The Balaban J connectivity index is 2.80. The van der Waals surface area contributed by atoms with E-state index in [1.807, 2.05) is 0 Å². The van der Waals surface area contributed by atoms with Gasteiger partial charge >= 0.3 is 12.1 Å². The number of aryl methyl sites for hydroxylation is 1. The van der Waals surface area contributed by atoms with Crippen LogP contribution in [0.25, 0.3) is 0 Å². The van der Waals surface area contributed by atoms with Gasteiger partial charge in [-0.1, -0.05) is 0 Å². The highest BCUT2D eigenvalue weighted by Gasteiger charge is 2.30. The molecule has 0 aliphatic heterocycles. The van der Waals surface area contributed by atoms with Gasteiger partial charge in [0.05, 0.1) is 5.56 Å². The predicted molar refractivity (Wildman–Crippen MR) is 53.7 cm³/mol. The number of aliphatic carboxylic acids is 1. The molecule has 0 unspecified atom stereocenters. The zero-order chi connectivity index (χ0) is 13.1. The van der Waals surface area contributed by atoms with Crippen molar-refractivity contribution in [2.45, 2.75) is 25.4 Å². The van der Waals surface area contributed by atoms with Crippen LogP contribution in [0.5, 0.6) is 5.75 Å². The first kappa shape index (κ1) is 13.3. The molecule has 0 aromatic heterocycles. The van der Waals surface area contributed by atoms with Crippen LogP contribution in [0.15, 0.2) is 18.2 Å². The van der Waals surface area contributed by atoms with E-state index in [1.165, 1.54) is 0 Å². The van der Waals surface area contributed by atoms with Gasteiger partial charge in [0.1, 0.15) is 5.75 Å². The van der Waals surface area contributed by atoms with Crippen LogP contribution in [0.2, 0.25) is 0 Å². The van der Waals surface area contributed by atoms with Crippen molar-refractivity contribution < 1.29 is 28.2 Å². The molecular weight excluding hydrogens is 237 g/mol. The highest BCUT2D eigenvalue weighted by atomic mass is 19.4. The number of carboxylic acids is 1. The highest BCUT2D eigenvalue weighted by molar-refractivity contribution is 5.66. The molecule has 0 atom stereocenters. The van der Waals surface area contributed by atoms with Gasteiger partial charge in [-0.05, 0) is 36.6 Å². The second-order valence-corrected chi connectivity index (χ2v) is 3.59. The van der Waals surface area contributed by atoms with Gasteiger partial charge in [-0.3, -0.25) is 4.79 Å². The van der Waals surface area contributed by atoms with Gasteiger partial charge in [0.2, 0.25) is 0 Å². The fourth-order valence-corrected chi connectivity index (χ4v) is 1.39. The van der Waals surface area contributed by atoms with Gasteiger partial charge in [0.15, 0.2) is 0 Å². The first-order valence-electron chi connectivity index (χ1n) is 4.91. The van der Waals surface area contributed by atoms with Gasteiger partial charge in [-0.25, -0.2) is 0 Å². The lowest BCUT2D eigenvalue weighted by molar-refractivity contribution is -0.138. The molecule has 0 heterocycles. The minimum absolute atomic E-state index is 0.0993. The summed E-state index contributed by atoms with van der Waals surface area (Å²) in [4.78, 5) is 10.3. The molecule has 0 aliphatic carbocycles. The Kier molecular flexibility index (Phi) is 3.98. The third-order valence-corrected chi connectivity index (χ3v) is 2.24. The van der Waals surface area contributed by atoms with E-state index < -0.39 is 17.7 Å². The molecule has 1 aromatic rings. The topological polar surface area (TPSA) is 57.5 Å². The number of alkyl halides is 3. The Hall–Kier alpha value is -1.72. The summed E-state index contributed by atoms with van der Waals surface area (Å²) in [5.41, 5.74) is -0.735. The van der Waals surface area contributed by atoms with E-state index in [9.17, 15) is 23.1 Å². The first-order chi connectivity index (χ1) is 7.80. The zero-order valence-corrected chi connectivity index (χ0v) is 8.79. The minimum atomic E-state index is -4.46. The van der Waals surface area contributed by atoms with E-state index in [4.69, 9.17) is 5.11 Å². The quantitative estimate of drug-likeness (QED) is 0.861. The number of halogens is 3. The van der Waals surface area contributed by atoms with Crippen LogP contribution in [-0.4, -0.2) is 16.2 Å². The molecular formula is C11H11F3O3. The van der Waals surface area contributed by atoms with Crippen molar-refractivity contribution in [3.8, 4) is 5.75 Å². The Labute approximate surface area is 95.5 Å². The molecule has 0 fully saturated rings. The SMILES string of the molecule is O=C(O)CCCc1cc(C(F)(F)F)ccc1O. The molecule has 0 spiro atoms. The third kappa shape index (κ3) is 3.97. The second-order valence-electron chi connectivity index (χ2n) is 3.59. The third-order valence-electron chi connectivity index (χ3n) is 2.24. The molecule has 6 heteroatoms. The molecule has 0 saturated carbocycles. The van der Waals surface area contributed by atoms with Crippen LogP contribution in [0, 0.1) is 0 Å². The average molecular weight is 248 g/mol. The number of hydrogen-bond acceptors (Lipinski definition) is 2. The lowest BCUT2D eigenvalue weighted by Gasteiger charge is -2.10.